The normalized spacial score (nSPS) is 24.8. The van der Waals surface area contributed by atoms with Crippen molar-refractivity contribution in [3.05, 3.63) is 0 Å². The zero-order chi connectivity index (χ0) is 13.5. The highest BCUT2D eigenvalue weighted by Gasteiger charge is 2.34. The fourth-order valence-corrected chi connectivity index (χ4v) is 1.88. The summed E-state index contributed by atoms with van der Waals surface area (Å²) in [6.07, 6.45) is 0.990. The number of ether oxygens (including phenoxy) is 1. The standard InChI is InChI=1S/C12H21NO5/c1-8(7-14)3-2-6-13-11(15)9-4-5-10(18-9)12(16)17/h8-10,14H,2-7H2,1H3,(H,13,15)(H,16,17)/t8?,9-,10+/m0/s1. The van der Waals surface area contributed by atoms with Crippen LogP contribution >= 0.6 is 0 Å². The third kappa shape index (κ3) is 4.62. The summed E-state index contributed by atoms with van der Waals surface area (Å²) in [6.45, 7) is 2.63. The van der Waals surface area contributed by atoms with Crippen molar-refractivity contribution in [3.63, 3.8) is 0 Å². The number of hydrogen-bond donors (Lipinski definition) is 3. The number of aliphatic carboxylic acids is 1. The molecule has 1 heterocycles. The zero-order valence-corrected chi connectivity index (χ0v) is 10.6. The first-order valence-electron chi connectivity index (χ1n) is 6.31. The quantitative estimate of drug-likeness (QED) is 0.565. The number of carbonyl (C=O) groups excluding carboxylic acids is 1. The van der Waals surface area contributed by atoms with Crippen LogP contribution < -0.4 is 5.32 Å². The number of carbonyl (C=O) groups is 2. The van der Waals surface area contributed by atoms with Crippen LogP contribution in [0.15, 0.2) is 0 Å². The van der Waals surface area contributed by atoms with Gasteiger partial charge in [-0.2, -0.15) is 0 Å². The van der Waals surface area contributed by atoms with E-state index < -0.39 is 18.2 Å². The Morgan fingerprint density at radius 3 is 2.61 bits per heavy atom. The molecule has 6 heteroatoms. The van der Waals surface area contributed by atoms with Crippen LogP contribution in [0.5, 0.6) is 0 Å². The summed E-state index contributed by atoms with van der Waals surface area (Å²) in [4.78, 5) is 22.3. The van der Waals surface area contributed by atoms with Gasteiger partial charge in [0, 0.05) is 13.2 Å². The van der Waals surface area contributed by atoms with Crippen LogP contribution in [0.4, 0.5) is 0 Å². The number of hydrogen-bond acceptors (Lipinski definition) is 4. The van der Waals surface area contributed by atoms with Gasteiger partial charge in [0.15, 0.2) is 6.10 Å². The van der Waals surface area contributed by atoms with Crippen LogP contribution in [0.3, 0.4) is 0 Å². The van der Waals surface area contributed by atoms with Crippen LogP contribution in [0, 0.1) is 5.92 Å². The number of carboxylic acids is 1. The smallest absolute Gasteiger partial charge is 0.332 e. The molecule has 0 aromatic carbocycles. The molecule has 0 saturated carbocycles. The van der Waals surface area contributed by atoms with Crippen LogP contribution in [0.25, 0.3) is 0 Å². The zero-order valence-electron chi connectivity index (χ0n) is 10.6. The highest BCUT2D eigenvalue weighted by molar-refractivity contribution is 5.82. The third-order valence-corrected chi connectivity index (χ3v) is 3.07. The lowest BCUT2D eigenvalue weighted by Gasteiger charge is -2.12. The molecular weight excluding hydrogens is 238 g/mol. The molecule has 0 aliphatic carbocycles. The maximum atomic E-state index is 11.6. The topological polar surface area (TPSA) is 95.9 Å². The summed E-state index contributed by atoms with van der Waals surface area (Å²) in [6, 6.07) is 0. The molecule has 1 unspecified atom stereocenters. The van der Waals surface area contributed by atoms with E-state index in [9.17, 15) is 9.59 Å². The molecule has 0 radical (unpaired) electrons. The molecule has 1 saturated heterocycles. The number of rotatable bonds is 7. The molecule has 18 heavy (non-hydrogen) atoms. The fraction of sp³-hybridized carbons (Fsp3) is 0.833. The van der Waals surface area contributed by atoms with Gasteiger partial charge in [-0.3, -0.25) is 4.79 Å². The van der Waals surface area contributed by atoms with E-state index >= 15 is 0 Å². The van der Waals surface area contributed by atoms with Crippen molar-refractivity contribution in [2.24, 2.45) is 5.92 Å². The first-order valence-corrected chi connectivity index (χ1v) is 6.31. The lowest BCUT2D eigenvalue weighted by Crippen LogP contribution is -2.36. The predicted molar refractivity (Wildman–Crippen MR) is 64.0 cm³/mol. The molecule has 0 bridgehead atoms. The number of amides is 1. The van der Waals surface area contributed by atoms with Gasteiger partial charge in [-0.1, -0.05) is 6.92 Å². The summed E-state index contributed by atoms with van der Waals surface area (Å²) in [7, 11) is 0. The number of carboxylic acid groups (broad SMARTS) is 1. The predicted octanol–water partition coefficient (Wildman–Crippen LogP) is 0.143. The molecule has 3 atom stereocenters. The van der Waals surface area contributed by atoms with Gasteiger partial charge in [0.25, 0.3) is 0 Å². The Labute approximate surface area is 106 Å². The summed E-state index contributed by atoms with van der Waals surface area (Å²) in [5, 5.41) is 20.3. The van der Waals surface area contributed by atoms with Crippen LogP contribution in [-0.2, 0) is 14.3 Å². The van der Waals surface area contributed by atoms with Crippen molar-refractivity contribution in [2.45, 2.75) is 44.8 Å². The minimum Gasteiger partial charge on any atom is -0.479 e. The Morgan fingerprint density at radius 2 is 2.06 bits per heavy atom. The van der Waals surface area contributed by atoms with E-state index in [-0.39, 0.29) is 18.4 Å². The molecular formula is C12H21NO5. The molecule has 6 nitrogen and oxygen atoms in total. The Bertz CT molecular complexity index is 294. The minimum absolute atomic E-state index is 0.153. The van der Waals surface area contributed by atoms with E-state index in [1.54, 1.807) is 0 Å². The molecule has 1 rings (SSSR count). The van der Waals surface area contributed by atoms with Crippen molar-refractivity contribution in [1.82, 2.24) is 5.32 Å². The van der Waals surface area contributed by atoms with E-state index in [0.717, 1.165) is 12.8 Å². The van der Waals surface area contributed by atoms with Crippen molar-refractivity contribution in [1.29, 1.82) is 0 Å². The van der Waals surface area contributed by atoms with Crippen molar-refractivity contribution in [2.75, 3.05) is 13.2 Å². The molecule has 104 valence electrons. The Hall–Kier alpha value is -1.14. The van der Waals surface area contributed by atoms with Crippen molar-refractivity contribution in [3.8, 4) is 0 Å². The highest BCUT2D eigenvalue weighted by Crippen LogP contribution is 2.19. The second kappa shape index (κ2) is 7.33. The Balaban J connectivity index is 2.16. The first-order chi connectivity index (χ1) is 8.54. The van der Waals surface area contributed by atoms with Gasteiger partial charge in [0.1, 0.15) is 6.10 Å². The van der Waals surface area contributed by atoms with E-state index in [0.29, 0.717) is 19.4 Å². The van der Waals surface area contributed by atoms with Crippen molar-refractivity contribution < 1.29 is 24.5 Å². The fourth-order valence-electron chi connectivity index (χ4n) is 1.88. The summed E-state index contributed by atoms with van der Waals surface area (Å²) >= 11 is 0. The van der Waals surface area contributed by atoms with Gasteiger partial charge in [0.2, 0.25) is 5.91 Å². The minimum atomic E-state index is -1.01. The van der Waals surface area contributed by atoms with Crippen LogP contribution in [0.1, 0.15) is 32.6 Å². The van der Waals surface area contributed by atoms with E-state index in [2.05, 4.69) is 5.32 Å². The van der Waals surface area contributed by atoms with Crippen LogP contribution in [-0.4, -0.2) is 47.4 Å². The summed E-state index contributed by atoms with van der Waals surface area (Å²) in [5.41, 5.74) is 0. The number of nitrogens with one attached hydrogen (secondary N) is 1. The SMILES string of the molecule is CC(CO)CCCNC(=O)[C@@H]1CC[C@H](C(=O)O)O1. The number of aliphatic hydroxyl groups is 1. The molecule has 1 aliphatic heterocycles. The maximum Gasteiger partial charge on any atom is 0.332 e. The Morgan fingerprint density at radius 1 is 1.39 bits per heavy atom. The molecule has 0 spiro atoms. The monoisotopic (exact) mass is 259 g/mol. The molecule has 1 fully saturated rings. The van der Waals surface area contributed by atoms with Gasteiger partial charge in [-0.25, -0.2) is 4.79 Å². The largest absolute Gasteiger partial charge is 0.479 e. The van der Waals surface area contributed by atoms with E-state index in [1.165, 1.54) is 0 Å². The molecule has 1 amide bonds. The molecule has 3 N–H and O–H groups in total. The van der Waals surface area contributed by atoms with E-state index in [4.69, 9.17) is 14.9 Å². The molecule has 0 aromatic heterocycles. The lowest BCUT2D eigenvalue weighted by atomic mass is 10.1. The van der Waals surface area contributed by atoms with Gasteiger partial charge in [0.05, 0.1) is 0 Å². The second-order valence-corrected chi connectivity index (χ2v) is 4.75. The van der Waals surface area contributed by atoms with Crippen molar-refractivity contribution >= 4 is 11.9 Å². The van der Waals surface area contributed by atoms with Gasteiger partial charge >= 0.3 is 5.97 Å². The second-order valence-electron chi connectivity index (χ2n) is 4.75. The average molecular weight is 259 g/mol. The maximum absolute atomic E-state index is 11.6. The van der Waals surface area contributed by atoms with Gasteiger partial charge in [-0.15, -0.1) is 0 Å². The lowest BCUT2D eigenvalue weighted by molar-refractivity contribution is -0.151. The molecule has 1 aliphatic rings. The third-order valence-electron chi connectivity index (χ3n) is 3.07. The summed E-state index contributed by atoms with van der Waals surface area (Å²) in [5.74, 6) is -1.02. The molecule has 0 aromatic rings. The highest BCUT2D eigenvalue weighted by atomic mass is 16.5. The van der Waals surface area contributed by atoms with Crippen LogP contribution in [0.2, 0.25) is 0 Å². The first kappa shape index (κ1) is 14.9. The summed E-state index contributed by atoms with van der Waals surface area (Å²) < 4.78 is 5.13. The average Bonchev–Trinajstić information content (AvgIpc) is 2.83. The number of aliphatic hydroxyl groups excluding tert-OH is 1. The van der Waals surface area contributed by atoms with Gasteiger partial charge in [-0.05, 0) is 31.6 Å². The van der Waals surface area contributed by atoms with E-state index in [1.807, 2.05) is 6.92 Å². The van der Waals surface area contributed by atoms with Gasteiger partial charge < -0.3 is 20.3 Å². The Kier molecular flexibility index (Phi) is 6.07.